The van der Waals surface area contributed by atoms with Crippen LogP contribution in [-0.4, -0.2) is 15.1 Å². The Morgan fingerprint density at radius 1 is 1.25 bits per heavy atom. The number of aromatic nitrogens is 2. The molecule has 0 saturated carbocycles. The molecule has 0 aliphatic heterocycles. The quantitative estimate of drug-likeness (QED) is 0.827. The predicted molar refractivity (Wildman–Crippen MR) is 63.2 cm³/mol. The lowest BCUT2D eigenvalue weighted by molar-refractivity contribution is 0.169. The van der Waals surface area contributed by atoms with Crippen LogP contribution in [0.3, 0.4) is 0 Å². The summed E-state index contributed by atoms with van der Waals surface area (Å²) in [5.74, 6) is 0.624. The van der Waals surface area contributed by atoms with Crippen LogP contribution in [0.2, 0.25) is 0 Å². The Morgan fingerprint density at radius 2 is 1.94 bits per heavy atom. The van der Waals surface area contributed by atoms with E-state index in [1.165, 1.54) is 11.1 Å². The minimum atomic E-state index is -0.559. The fraction of sp³-hybridized carbons (Fsp3) is 0.308. The Labute approximate surface area is 95.2 Å². The van der Waals surface area contributed by atoms with Crippen molar-refractivity contribution in [2.45, 2.75) is 26.4 Å². The van der Waals surface area contributed by atoms with Crippen molar-refractivity contribution in [2.24, 2.45) is 0 Å². The number of benzene rings is 1. The number of rotatable bonds is 3. The van der Waals surface area contributed by atoms with E-state index in [1.807, 2.05) is 0 Å². The molecule has 2 N–H and O–H groups in total. The number of hydrogen-bond acceptors (Lipinski definition) is 2. The third-order valence-corrected chi connectivity index (χ3v) is 2.55. The number of aromatic amines is 1. The van der Waals surface area contributed by atoms with E-state index in [-0.39, 0.29) is 0 Å². The van der Waals surface area contributed by atoms with Crippen molar-refractivity contribution in [1.82, 2.24) is 9.97 Å². The lowest BCUT2D eigenvalue weighted by Crippen LogP contribution is -2.04. The summed E-state index contributed by atoms with van der Waals surface area (Å²) in [4.78, 5) is 6.98. The van der Waals surface area contributed by atoms with Crippen LogP contribution in [-0.2, 0) is 6.42 Å². The zero-order valence-electron chi connectivity index (χ0n) is 9.57. The van der Waals surface area contributed by atoms with Crippen molar-refractivity contribution in [3.05, 3.63) is 53.1 Å². The Balaban J connectivity index is 2.15. The molecule has 0 radical (unpaired) electrons. The molecular formula is C13H16N2O. The Hall–Kier alpha value is -1.61. The van der Waals surface area contributed by atoms with Crippen LogP contribution in [0.5, 0.6) is 0 Å². The summed E-state index contributed by atoms with van der Waals surface area (Å²) >= 11 is 0. The normalized spacial score (nSPS) is 12.7. The van der Waals surface area contributed by atoms with Crippen LogP contribution in [0.4, 0.5) is 0 Å². The first-order chi connectivity index (χ1) is 7.65. The number of nitrogens with zero attached hydrogens (tertiary/aromatic N) is 1. The highest BCUT2D eigenvalue weighted by atomic mass is 16.3. The highest BCUT2D eigenvalue weighted by Crippen LogP contribution is 2.17. The number of aryl methyl sites for hydroxylation is 2. The van der Waals surface area contributed by atoms with Crippen LogP contribution < -0.4 is 0 Å². The van der Waals surface area contributed by atoms with Crippen LogP contribution in [0.1, 0.15) is 28.6 Å². The summed E-state index contributed by atoms with van der Waals surface area (Å²) in [5, 5.41) is 9.95. The predicted octanol–water partition coefficient (Wildman–Crippen LogP) is 2.30. The lowest BCUT2D eigenvalue weighted by Gasteiger charge is -2.09. The molecule has 3 heteroatoms. The maximum atomic E-state index is 9.95. The van der Waals surface area contributed by atoms with Gasteiger partial charge in [0.05, 0.1) is 0 Å². The molecule has 0 aliphatic rings. The van der Waals surface area contributed by atoms with Gasteiger partial charge in [-0.2, -0.15) is 0 Å². The molecule has 1 heterocycles. The first-order valence-electron chi connectivity index (χ1n) is 5.39. The van der Waals surface area contributed by atoms with Gasteiger partial charge in [0.25, 0.3) is 0 Å². The molecule has 0 spiro atoms. The molecule has 16 heavy (non-hydrogen) atoms. The second-order valence-electron chi connectivity index (χ2n) is 4.19. The molecule has 84 valence electrons. The van der Waals surface area contributed by atoms with Crippen molar-refractivity contribution in [3.63, 3.8) is 0 Å². The molecule has 0 amide bonds. The maximum Gasteiger partial charge on any atom is 0.135 e. The molecule has 0 saturated heterocycles. The molecule has 1 aromatic heterocycles. The van der Waals surface area contributed by atoms with Gasteiger partial charge < -0.3 is 10.1 Å². The fourth-order valence-electron chi connectivity index (χ4n) is 1.97. The Bertz CT molecular complexity index is 443. The maximum absolute atomic E-state index is 9.95. The molecular weight excluding hydrogens is 200 g/mol. The van der Waals surface area contributed by atoms with Crippen molar-refractivity contribution in [3.8, 4) is 0 Å². The number of nitrogens with one attached hydrogen (secondary N) is 1. The average molecular weight is 216 g/mol. The highest BCUT2D eigenvalue weighted by Gasteiger charge is 2.10. The third kappa shape index (κ3) is 2.49. The summed E-state index contributed by atoms with van der Waals surface area (Å²) in [7, 11) is 0. The summed E-state index contributed by atoms with van der Waals surface area (Å²) < 4.78 is 0. The molecule has 0 fully saturated rings. The van der Waals surface area contributed by atoms with Crippen LogP contribution in [0.25, 0.3) is 0 Å². The minimum Gasteiger partial charge on any atom is -0.385 e. The largest absolute Gasteiger partial charge is 0.385 e. The van der Waals surface area contributed by atoms with Gasteiger partial charge in [-0.05, 0) is 19.4 Å². The smallest absolute Gasteiger partial charge is 0.135 e. The zero-order valence-corrected chi connectivity index (χ0v) is 9.57. The van der Waals surface area contributed by atoms with Gasteiger partial charge >= 0.3 is 0 Å². The first-order valence-corrected chi connectivity index (χ1v) is 5.39. The van der Waals surface area contributed by atoms with E-state index in [0.29, 0.717) is 12.2 Å². The van der Waals surface area contributed by atoms with Gasteiger partial charge in [0.2, 0.25) is 0 Å². The number of H-pyrrole nitrogens is 1. The van der Waals surface area contributed by atoms with Gasteiger partial charge in [-0.25, -0.2) is 4.98 Å². The topological polar surface area (TPSA) is 48.9 Å². The fourth-order valence-corrected chi connectivity index (χ4v) is 1.97. The van der Waals surface area contributed by atoms with E-state index < -0.39 is 6.10 Å². The van der Waals surface area contributed by atoms with Gasteiger partial charge in [-0.15, -0.1) is 0 Å². The molecule has 2 aromatic rings. The average Bonchev–Trinajstić information content (AvgIpc) is 2.68. The van der Waals surface area contributed by atoms with Crippen LogP contribution in [0.15, 0.2) is 30.6 Å². The van der Waals surface area contributed by atoms with E-state index >= 15 is 0 Å². The summed E-state index contributed by atoms with van der Waals surface area (Å²) in [6.45, 7) is 4.13. The molecule has 1 atom stereocenters. The standard InChI is InChI=1S/C13H16N2O/c1-9-5-10(2)7-11(6-9)8-12(16)13-14-3-4-15-13/h3-7,12,16H,8H2,1-2H3,(H,14,15). The van der Waals surface area contributed by atoms with Crippen LogP contribution >= 0.6 is 0 Å². The first kappa shape index (κ1) is 10.9. The van der Waals surface area contributed by atoms with E-state index in [4.69, 9.17) is 0 Å². The zero-order chi connectivity index (χ0) is 11.5. The number of imidazole rings is 1. The molecule has 0 bridgehead atoms. The Morgan fingerprint density at radius 3 is 2.50 bits per heavy atom. The molecule has 1 unspecified atom stereocenters. The van der Waals surface area contributed by atoms with Crippen molar-refractivity contribution < 1.29 is 5.11 Å². The number of aliphatic hydroxyl groups excluding tert-OH is 1. The number of aliphatic hydroxyl groups is 1. The second-order valence-corrected chi connectivity index (χ2v) is 4.19. The molecule has 3 nitrogen and oxygen atoms in total. The van der Waals surface area contributed by atoms with Crippen molar-refractivity contribution >= 4 is 0 Å². The third-order valence-electron chi connectivity index (χ3n) is 2.55. The SMILES string of the molecule is Cc1cc(C)cc(CC(O)c2ncc[nH]2)c1. The van der Waals surface area contributed by atoms with Crippen LogP contribution in [0, 0.1) is 13.8 Å². The number of hydrogen-bond donors (Lipinski definition) is 2. The minimum absolute atomic E-state index is 0.559. The van der Waals surface area contributed by atoms with Crippen molar-refractivity contribution in [2.75, 3.05) is 0 Å². The van der Waals surface area contributed by atoms with E-state index in [2.05, 4.69) is 42.0 Å². The second kappa shape index (κ2) is 4.49. The lowest BCUT2D eigenvalue weighted by atomic mass is 10.0. The molecule has 2 rings (SSSR count). The highest BCUT2D eigenvalue weighted by molar-refractivity contribution is 5.29. The van der Waals surface area contributed by atoms with Gasteiger partial charge in [0.1, 0.15) is 11.9 Å². The van der Waals surface area contributed by atoms with E-state index in [1.54, 1.807) is 12.4 Å². The summed E-state index contributed by atoms with van der Waals surface area (Å²) in [6, 6.07) is 6.32. The summed E-state index contributed by atoms with van der Waals surface area (Å²) in [5.41, 5.74) is 3.59. The molecule has 0 aliphatic carbocycles. The van der Waals surface area contributed by atoms with E-state index in [9.17, 15) is 5.11 Å². The monoisotopic (exact) mass is 216 g/mol. The summed E-state index contributed by atoms with van der Waals surface area (Å²) in [6.07, 6.45) is 3.41. The van der Waals surface area contributed by atoms with Gasteiger partial charge in [0.15, 0.2) is 0 Å². The van der Waals surface area contributed by atoms with Crippen molar-refractivity contribution in [1.29, 1.82) is 0 Å². The van der Waals surface area contributed by atoms with Gasteiger partial charge in [0, 0.05) is 18.8 Å². The molecule has 1 aromatic carbocycles. The van der Waals surface area contributed by atoms with E-state index in [0.717, 1.165) is 5.56 Å². The van der Waals surface area contributed by atoms with Gasteiger partial charge in [-0.3, -0.25) is 0 Å². The Kier molecular flexibility index (Phi) is 3.06. The van der Waals surface area contributed by atoms with Gasteiger partial charge in [-0.1, -0.05) is 29.3 Å².